The first-order valence-electron chi connectivity index (χ1n) is 7.94. The highest BCUT2D eigenvalue weighted by atomic mass is 19.1. The van der Waals surface area contributed by atoms with E-state index in [4.69, 9.17) is 0 Å². The van der Waals surface area contributed by atoms with Crippen LogP contribution in [0.25, 0.3) is 0 Å². The molecule has 3 heteroatoms. The lowest BCUT2D eigenvalue weighted by Crippen LogP contribution is -2.22. The summed E-state index contributed by atoms with van der Waals surface area (Å²) in [5, 5.41) is 12.7. The van der Waals surface area contributed by atoms with E-state index in [0.29, 0.717) is 11.5 Å². The summed E-state index contributed by atoms with van der Waals surface area (Å²) in [6.45, 7) is 7.07. The molecule has 0 spiro atoms. The number of nitrogens with one attached hydrogen (secondary N) is 1. The molecule has 0 amide bonds. The largest absolute Gasteiger partial charge is 0.390 e. The predicted octanol–water partition coefficient (Wildman–Crippen LogP) is 4.14. The summed E-state index contributed by atoms with van der Waals surface area (Å²) in [7, 11) is 3.75. The Balaban J connectivity index is 0.000000677. The van der Waals surface area contributed by atoms with Crippen molar-refractivity contribution in [3.05, 3.63) is 36.7 Å². The number of aliphatic hydroxyl groups is 1. The molecular formula is C18H30FNO. The summed E-state index contributed by atoms with van der Waals surface area (Å²) in [4.78, 5) is 0. The molecule has 0 radical (unpaired) electrons. The molecule has 21 heavy (non-hydrogen) atoms. The molecule has 2 N–H and O–H groups in total. The first-order chi connectivity index (χ1) is 9.95. The van der Waals surface area contributed by atoms with Crippen LogP contribution in [0.3, 0.4) is 0 Å². The van der Waals surface area contributed by atoms with Crippen molar-refractivity contribution in [3.8, 4) is 0 Å². The van der Waals surface area contributed by atoms with Gasteiger partial charge in [0.05, 0.1) is 5.60 Å². The van der Waals surface area contributed by atoms with Gasteiger partial charge in [-0.15, -0.1) is 0 Å². The van der Waals surface area contributed by atoms with Crippen LogP contribution in [0.5, 0.6) is 0 Å². The highest BCUT2D eigenvalue weighted by molar-refractivity contribution is 5.29. The normalized spacial score (nSPS) is 27.3. The van der Waals surface area contributed by atoms with E-state index in [9.17, 15) is 9.50 Å². The van der Waals surface area contributed by atoms with Crippen molar-refractivity contribution < 1.29 is 9.50 Å². The number of halogens is 1. The monoisotopic (exact) mass is 295 g/mol. The summed E-state index contributed by atoms with van der Waals surface area (Å²) < 4.78 is 13.5. The van der Waals surface area contributed by atoms with Gasteiger partial charge in [-0.05, 0) is 63.6 Å². The average Bonchev–Trinajstić information content (AvgIpc) is 3.14. The van der Waals surface area contributed by atoms with Gasteiger partial charge in [-0.25, -0.2) is 4.39 Å². The lowest BCUT2D eigenvalue weighted by molar-refractivity contribution is 0.101. The van der Waals surface area contributed by atoms with Crippen molar-refractivity contribution in [3.63, 3.8) is 0 Å². The fraction of sp³-hybridized carbons (Fsp3) is 0.667. The highest BCUT2D eigenvalue weighted by Crippen LogP contribution is 2.46. The Morgan fingerprint density at radius 1 is 1.38 bits per heavy atom. The lowest BCUT2D eigenvalue weighted by Gasteiger charge is -2.31. The molecule has 2 aliphatic rings. The number of hydrogen-bond donors (Lipinski definition) is 2. The fourth-order valence-corrected chi connectivity index (χ4v) is 3.22. The van der Waals surface area contributed by atoms with E-state index in [-0.39, 0.29) is 17.3 Å². The molecule has 2 saturated carbocycles. The minimum absolute atomic E-state index is 0.251. The van der Waals surface area contributed by atoms with Crippen LogP contribution in [-0.2, 0) is 0 Å². The number of hydrogen-bond acceptors (Lipinski definition) is 2. The first kappa shape index (κ1) is 18.1. The van der Waals surface area contributed by atoms with E-state index in [1.165, 1.54) is 6.42 Å². The predicted molar refractivity (Wildman–Crippen MR) is 87.8 cm³/mol. The van der Waals surface area contributed by atoms with Crippen molar-refractivity contribution in [1.29, 1.82) is 0 Å². The van der Waals surface area contributed by atoms with E-state index < -0.39 is 0 Å². The minimum Gasteiger partial charge on any atom is -0.390 e. The van der Waals surface area contributed by atoms with Crippen LogP contribution < -0.4 is 5.32 Å². The average molecular weight is 295 g/mol. The molecule has 0 heterocycles. The van der Waals surface area contributed by atoms with Gasteiger partial charge in [-0.2, -0.15) is 0 Å². The lowest BCUT2D eigenvalue weighted by atomic mass is 9.75. The van der Waals surface area contributed by atoms with Gasteiger partial charge in [0.15, 0.2) is 0 Å². The zero-order chi connectivity index (χ0) is 15.9. The van der Waals surface area contributed by atoms with Gasteiger partial charge in [0, 0.05) is 0 Å². The zero-order valence-electron chi connectivity index (χ0n) is 13.5. The van der Waals surface area contributed by atoms with Crippen molar-refractivity contribution in [1.82, 2.24) is 5.32 Å². The summed E-state index contributed by atoms with van der Waals surface area (Å²) in [5.74, 6) is 0.455. The first-order valence-corrected chi connectivity index (χ1v) is 7.94. The van der Waals surface area contributed by atoms with E-state index in [1.807, 2.05) is 14.1 Å². The third-order valence-corrected chi connectivity index (χ3v) is 4.33. The molecule has 2 unspecified atom stereocenters. The van der Waals surface area contributed by atoms with Crippen LogP contribution in [0.4, 0.5) is 4.39 Å². The second-order valence-electron chi connectivity index (χ2n) is 6.42. The Morgan fingerprint density at radius 3 is 2.48 bits per heavy atom. The molecular weight excluding hydrogens is 265 g/mol. The van der Waals surface area contributed by atoms with Crippen molar-refractivity contribution in [2.24, 2.45) is 11.8 Å². The van der Waals surface area contributed by atoms with Crippen LogP contribution in [0.1, 0.15) is 44.9 Å². The Labute approximate surface area is 128 Å². The Bertz CT molecular complexity index is 385. The van der Waals surface area contributed by atoms with Crippen LogP contribution in [-0.4, -0.2) is 24.8 Å². The molecule has 2 fully saturated rings. The number of allylic oxidation sites excluding steroid dienone is 4. The molecule has 0 aliphatic heterocycles. The standard InChI is InChI=1S/C16H23FO.C2H7N/c1-3-5-15(12(2)17)14-7-4-6-13(10-14)11-16(18)8-9-16;1-3-2/h3,5,13-14,18H,1-2,4,6-11H2;3H,1-2H3/b15-5+;. The summed E-state index contributed by atoms with van der Waals surface area (Å²) in [6.07, 6.45) is 10.5. The highest BCUT2D eigenvalue weighted by Gasteiger charge is 2.42. The van der Waals surface area contributed by atoms with Gasteiger partial charge in [-0.3, -0.25) is 0 Å². The molecule has 2 atom stereocenters. The van der Waals surface area contributed by atoms with Gasteiger partial charge >= 0.3 is 0 Å². The van der Waals surface area contributed by atoms with E-state index in [2.05, 4.69) is 18.5 Å². The maximum Gasteiger partial charge on any atom is 0.119 e. The summed E-state index contributed by atoms with van der Waals surface area (Å²) in [5.41, 5.74) is 0.319. The zero-order valence-corrected chi connectivity index (χ0v) is 13.5. The van der Waals surface area contributed by atoms with Crippen molar-refractivity contribution in [2.75, 3.05) is 14.1 Å². The third-order valence-electron chi connectivity index (χ3n) is 4.33. The van der Waals surface area contributed by atoms with Crippen molar-refractivity contribution in [2.45, 2.75) is 50.5 Å². The van der Waals surface area contributed by atoms with E-state index in [1.54, 1.807) is 12.2 Å². The Kier molecular flexibility index (Phi) is 7.33. The van der Waals surface area contributed by atoms with Gasteiger partial charge in [0.2, 0.25) is 0 Å². The fourth-order valence-electron chi connectivity index (χ4n) is 3.22. The molecule has 0 aromatic rings. The summed E-state index contributed by atoms with van der Waals surface area (Å²) >= 11 is 0. The summed E-state index contributed by atoms with van der Waals surface area (Å²) in [6, 6.07) is 0. The van der Waals surface area contributed by atoms with E-state index >= 15 is 0 Å². The maximum atomic E-state index is 13.5. The van der Waals surface area contributed by atoms with Gasteiger partial charge in [0.1, 0.15) is 5.83 Å². The van der Waals surface area contributed by atoms with Crippen LogP contribution in [0, 0.1) is 11.8 Å². The molecule has 0 aromatic carbocycles. The number of rotatable bonds is 5. The maximum absolute atomic E-state index is 13.5. The minimum atomic E-state index is -0.387. The molecule has 0 bridgehead atoms. The molecule has 0 saturated heterocycles. The third kappa shape index (κ3) is 6.15. The Hall–Kier alpha value is -0.930. The molecule has 2 rings (SSSR count). The van der Waals surface area contributed by atoms with Crippen LogP contribution in [0.15, 0.2) is 36.7 Å². The molecule has 120 valence electrons. The van der Waals surface area contributed by atoms with Gasteiger partial charge in [0.25, 0.3) is 0 Å². The SMILES string of the molecule is C=C/C=C(\C(=C)F)C1CCCC(CC2(O)CC2)C1.CNC. The second kappa shape index (κ2) is 8.50. The van der Waals surface area contributed by atoms with Crippen LogP contribution >= 0.6 is 0 Å². The topological polar surface area (TPSA) is 32.3 Å². The second-order valence-corrected chi connectivity index (χ2v) is 6.42. The smallest absolute Gasteiger partial charge is 0.119 e. The van der Waals surface area contributed by atoms with E-state index in [0.717, 1.165) is 38.5 Å². The van der Waals surface area contributed by atoms with Gasteiger partial charge in [-0.1, -0.05) is 38.2 Å². The van der Waals surface area contributed by atoms with Gasteiger partial charge < -0.3 is 10.4 Å². The molecule has 0 aromatic heterocycles. The molecule has 2 aliphatic carbocycles. The Morgan fingerprint density at radius 2 is 2.00 bits per heavy atom. The van der Waals surface area contributed by atoms with Crippen LogP contribution in [0.2, 0.25) is 0 Å². The quantitative estimate of drug-likeness (QED) is 0.747. The van der Waals surface area contributed by atoms with Crippen molar-refractivity contribution >= 4 is 0 Å². The molecule has 2 nitrogen and oxygen atoms in total.